The fourth-order valence-electron chi connectivity index (χ4n) is 2.42. The van der Waals surface area contributed by atoms with E-state index in [0.717, 1.165) is 6.54 Å². The van der Waals surface area contributed by atoms with E-state index in [4.69, 9.17) is 0 Å². The quantitative estimate of drug-likeness (QED) is 0.559. The normalized spacial score (nSPS) is 13.7. The van der Waals surface area contributed by atoms with Gasteiger partial charge < -0.3 is 10.6 Å². The van der Waals surface area contributed by atoms with E-state index in [-0.39, 0.29) is 0 Å². The Kier molecular flexibility index (Phi) is 7.19. The molecule has 0 radical (unpaired) electrons. The zero-order chi connectivity index (χ0) is 19.2. The Bertz CT molecular complexity index is 831. The highest BCUT2D eigenvalue weighted by atomic mass is 32.2. The third-order valence-electron chi connectivity index (χ3n) is 4.01. The molecule has 1 atom stereocenters. The van der Waals surface area contributed by atoms with Crippen LogP contribution in [0, 0.1) is 0 Å². The summed E-state index contributed by atoms with van der Waals surface area (Å²) in [6.07, 6.45) is 0. The highest BCUT2D eigenvalue weighted by molar-refractivity contribution is 7.89. The van der Waals surface area contributed by atoms with Crippen LogP contribution in [0.2, 0.25) is 0 Å². The van der Waals surface area contributed by atoms with Gasteiger partial charge in [-0.2, -0.15) is 0 Å². The minimum absolute atomic E-state index is 0.305. The molecule has 0 aliphatic heterocycles. The molecule has 0 saturated heterocycles. The van der Waals surface area contributed by atoms with Gasteiger partial charge in [0.1, 0.15) is 0 Å². The minimum atomic E-state index is -3.48. The van der Waals surface area contributed by atoms with Gasteiger partial charge in [0.15, 0.2) is 5.96 Å². The Morgan fingerprint density at radius 3 is 2.54 bits per heavy atom. The van der Waals surface area contributed by atoms with Crippen LogP contribution in [0.1, 0.15) is 23.3 Å². The summed E-state index contributed by atoms with van der Waals surface area (Å²) in [6.45, 7) is 3.28. The standard InChI is InChI=1S/C18H26N4O2S2/c1-14(16-9-7-11-25-16)12-20-18(19-2)21-13-15-8-5-6-10-17(15)26(23,24)22(3)4/h5-11,14H,12-13H2,1-4H3,(H2,19,20,21). The molecule has 142 valence electrons. The molecular formula is C18H26N4O2S2. The first-order valence-corrected chi connectivity index (χ1v) is 10.7. The Morgan fingerprint density at radius 2 is 1.92 bits per heavy atom. The van der Waals surface area contributed by atoms with Crippen LogP contribution in [0.25, 0.3) is 0 Å². The molecule has 0 amide bonds. The second kappa shape index (κ2) is 9.16. The van der Waals surface area contributed by atoms with Gasteiger partial charge in [0.25, 0.3) is 0 Å². The summed E-state index contributed by atoms with van der Waals surface area (Å²) in [5.74, 6) is 1.01. The van der Waals surface area contributed by atoms with Gasteiger partial charge in [0.05, 0.1) is 4.90 Å². The first-order chi connectivity index (χ1) is 12.4. The van der Waals surface area contributed by atoms with Gasteiger partial charge in [-0.15, -0.1) is 11.3 Å². The second-order valence-corrected chi connectivity index (χ2v) is 9.22. The Labute approximate surface area is 160 Å². The summed E-state index contributed by atoms with van der Waals surface area (Å²) in [4.78, 5) is 5.84. The van der Waals surface area contributed by atoms with Gasteiger partial charge in [-0.25, -0.2) is 12.7 Å². The monoisotopic (exact) mass is 394 g/mol. The van der Waals surface area contributed by atoms with Crippen molar-refractivity contribution in [2.75, 3.05) is 27.7 Å². The lowest BCUT2D eigenvalue weighted by Crippen LogP contribution is -2.39. The number of aliphatic imine (C=N–C) groups is 1. The highest BCUT2D eigenvalue weighted by Crippen LogP contribution is 2.20. The molecule has 8 heteroatoms. The van der Waals surface area contributed by atoms with E-state index in [1.165, 1.54) is 23.3 Å². The smallest absolute Gasteiger partial charge is 0.242 e. The van der Waals surface area contributed by atoms with E-state index in [0.29, 0.717) is 28.9 Å². The molecule has 6 nitrogen and oxygen atoms in total. The molecule has 0 aliphatic carbocycles. The molecular weight excluding hydrogens is 368 g/mol. The molecule has 2 rings (SSSR count). The van der Waals surface area contributed by atoms with Gasteiger partial charge in [-0.1, -0.05) is 31.2 Å². The summed E-state index contributed by atoms with van der Waals surface area (Å²) in [6, 6.07) is 11.2. The van der Waals surface area contributed by atoms with Crippen molar-refractivity contribution in [2.45, 2.75) is 24.3 Å². The number of hydrogen-bond donors (Lipinski definition) is 2. The Balaban J connectivity index is 2.01. The van der Waals surface area contributed by atoms with Gasteiger partial charge in [-0.3, -0.25) is 4.99 Å². The molecule has 0 saturated carbocycles. The van der Waals surface area contributed by atoms with Crippen LogP contribution in [-0.4, -0.2) is 46.4 Å². The molecule has 0 aliphatic rings. The van der Waals surface area contributed by atoms with Gasteiger partial charge in [0.2, 0.25) is 10.0 Å². The van der Waals surface area contributed by atoms with Crippen LogP contribution in [-0.2, 0) is 16.6 Å². The van der Waals surface area contributed by atoms with E-state index in [1.807, 2.05) is 18.2 Å². The fourth-order valence-corrected chi connectivity index (χ4v) is 4.32. The molecule has 1 unspecified atom stereocenters. The van der Waals surface area contributed by atoms with E-state index in [1.54, 1.807) is 30.5 Å². The second-order valence-electron chi connectivity index (χ2n) is 6.12. The summed E-state index contributed by atoms with van der Waals surface area (Å²) in [5, 5.41) is 8.56. The zero-order valence-corrected chi connectivity index (χ0v) is 17.2. The van der Waals surface area contributed by atoms with Crippen molar-refractivity contribution < 1.29 is 8.42 Å². The van der Waals surface area contributed by atoms with Crippen molar-refractivity contribution in [1.29, 1.82) is 0 Å². The maximum Gasteiger partial charge on any atom is 0.242 e. The molecule has 26 heavy (non-hydrogen) atoms. The summed E-state index contributed by atoms with van der Waals surface area (Å²) < 4.78 is 26.2. The predicted octanol–water partition coefficient (Wildman–Crippen LogP) is 2.47. The predicted molar refractivity (Wildman–Crippen MR) is 108 cm³/mol. The van der Waals surface area contributed by atoms with Gasteiger partial charge >= 0.3 is 0 Å². The number of thiophene rings is 1. The van der Waals surface area contributed by atoms with Crippen LogP contribution < -0.4 is 10.6 Å². The molecule has 0 fully saturated rings. The van der Waals surface area contributed by atoms with Crippen molar-refractivity contribution >= 4 is 27.3 Å². The number of benzene rings is 1. The van der Waals surface area contributed by atoms with Crippen LogP contribution >= 0.6 is 11.3 Å². The number of rotatable bonds is 7. The molecule has 1 aromatic heterocycles. The van der Waals surface area contributed by atoms with Crippen molar-refractivity contribution in [3.8, 4) is 0 Å². The van der Waals surface area contributed by atoms with Gasteiger partial charge in [-0.05, 0) is 23.1 Å². The van der Waals surface area contributed by atoms with E-state index in [2.05, 4.69) is 34.0 Å². The lowest BCUT2D eigenvalue weighted by atomic mass is 10.1. The number of nitrogens with zero attached hydrogens (tertiary/aromatic N) is 2. The molecule has 2 N–H and O–H groups in total. The summed E-state index contributed by atoms with van der Waals surface area (Å²) in [7, 11) is 1.29. The average Bonchev–Trinajstić information content (AvgIpc) is 3.16. The van der Waals surface area contributed by atoms with Crippen molar-refractivity contribution in [3.63, 3.8) is 0 Å². The lowest BCUT2D eigenvalue weighted by molar-refractivity contribution is 0.519. The van der Waals surface area contributed by atoms with Crippen molar-refractivity contribution in [1.82, 2.24) is 14.9 Å². The fraction of sp³-hybridized carbons (Fsp3) is 0.389. The van der Waals surface area contributed by atoms with E-state index in [9.17, 15) is 8.42 Å². The van der Waals surface area contributed by atoms with Gasteiger partial charge in [0, 0.05) is 45.0 Å². The summed E-state index contributed by atoms with van der Waals surface area (Å²) in [5.41, 5.74) is 0.704. The number of nitrogens with one attached hydrogen (secondary N) is 2. The van der Waals surface area contributed by atoms with Crippen LogP contribution in [0.4, 0.5) is 0 Å². The minimum Gasteiger partial charge on any atom is -0.356 e. The molecule has 2 aromatic rings. The highest BCUT2D eigenvalue weighted by Gasteiger charge is 2.20. The number of hydrogen-bond acceptors (Lipinski definition) is 4. The first-order valence-electron chi connectivity index (χ1n) is 8.34. The summed E-state index contributed by atoms with van der Waals surface area (Å²) >= 11 is 1.74. The molecule has 0 bridgehead atoms. The average molecular weight is 395 g/mol. The first kappa shape index (κ1) is 20.4. The van der Waals surface area contributed by atoms with E-state index < -0.39 is 10.0 Å². The Morgan fingerprint density at radius 1 is 1.19 bits per heavy atom. The topological polar surface area (TPSA) is 73.8 Å². The zero-order valence-electron chi connectivity index (χ0n) is 15.6. The van der Waals surface area contributed by atoms with Crippen LogP contribution in [0.15, 0.2) is 51.7 Å². The molecule has 1 heterocycles. The van der Waals surface area contributed by atoms with Crippen molar-refractivity contribution in [2.24, 2.45) is 4.99 Å². The lowest BCUT2D eigenvalue weighted by Gasteiger charge is -2.18. The number of sulfonamides is 1. The van der Waals surface area contributed by atoms with Crippen LogP contribution in [0.5, 0.6) is 0 Å². The maximum absolute atomic E-state index is 12.5. The SMILES string of the molecule is CN=C(NCc1ccccc1S(=O)(=O)N(C)C)NCC(C)c1cccs1. The third kappa shape index (κ3) is 5.06. The third-order valence-corrected chi connectivity index (χ3v) is 7.03. The molecule has 1 aromatic carbocycles. The van der Waals surface area contributed by atoms with Crippen LogP contribution in [0.3, 0.4) is 0 Å². The van der Waals surface area contributed by atoms with Crippen molar-refractivity contribution in [3.05, 3.63) is 52.2 Å². The molecule has 0 spiro atoms. The van der Waals surface area contributed by atoms with E-state index >= 15 is 0 Å². The number of guanidine groups is 1. The maximum atomic E-state index is 12.5. The largest absolute Gasteiger partial charge is 0.356 e. The Hall–Kier alpha value is -1.90.